The molecule has 4 nitrogen and oxygen atoms in total. The minimum Gasteiger partial charge on any atom is -0.480 e. The number of carbonyl (C=O) groups is 1. The van der Waals surface area contributed by atoms with Crippen molar-refractivity contribution in [2.75, 3.05) is 5.75 Å². The minimum absolute atomic E-state index is 0.412. The number of thioether (sulfide) groups is 2. The second-order valence-corrected chi connectivity index (χ2v) is 12.8. The van der Waals surface area contributed by atoms with Gasteiger partial charge >= 0.3 is 5.97 Å². The fraction of sp³-hybridized carbons (Fsp3) is 0.400. The zero-order chi connectivity index (χ0) is 22.9. The molecule has 1 unspecified atom stereocenters. The van der Waals surface area contributed by atoms with E-state index in [0.29, 0.717) is 6.42 Å². The van der Waals surface area contributed by atoms with Crippen LogP contribution in [0.5, 0.6) is 0 Å². The number of rotatable bonds is 14. The molecule has 2 heterocycles. The number of hydrogen-bond acceptors (Lipinski definition) is 7. The number of nitrogens with zero attached hydrogens (tertiary/aromatic N) is 2. The van der Waals surface area contributed by atoms with Crippen LogP contribution in [0.2, 0.25) is 0 Å². The molecule has 1 N–H and O–H groups in total. The van der Waals surface area contributed by atoms with E-state index in [1.54, 1.807) is 22.7 Å². The van der Waals surface area contributed by atoms with Crippen LogP contribution in [0.3, 0.4) is 0 Å². The molecule has 0 amide bonds. The van der Waals surface area contributed by atoms with Gasteiger partial charge in [-0.05, 0) is 37.1 Å². The van der Waals surface area contributed by atoms with Crippen molar-refractivity contribution >= 4 is 72.6 Å². The van der Waals surface area contributed by atoms with E-state index in [1.807, 2.05) is 42.1 Å². The molecule has 0 aliphatic heterocycles. The predicted molar refractivity (Wildman–Crippen MR) is 144 cm³/mol. The molecule has 0 aliphatic carbocycles. The van der Waals surface area contributed by atoms with Gasteiger partial charge in [0.2, 0.25) is 0 Å². The number of para-hydroxylation sites is 2. The first-order chi connectivity index (χ1) is 16.2. The summed E-state index contributed by atoms with van der Waals surface area (Å²) in [7, 11) is 0. The van der Waals surface area contributed by atoms with E-state index < -0.39 is 11.2 Å². The first kappa shape index (κ1) is 24.5. The zero-order valence-corrected chi connectivity index (χ0v) is 21.7. The second kappa shape index (κ2) is 12.7. The Morgan fingerprint density at radius 3 is 1.97 bits per heavy atom. The monoisotopic (exact) mass is 516 g/mol. The van der Waals surface area contributed by atoms with Gasteiger partial charge in [-0.3, -0.25) is 4.79 Å². The molecular formula is C25H28N2O2S4. The van der Waals surface area contributed by atoms with Gasteiger partial charge in [-0.15, -0.1) is 22.7 Å². The van der Waals surface area contributed by atoms with Crippen molar-refractivity contribution in [1.82, 2.24) is 9.97 Å². The Kier molecular flexibility index (Phi) is 9.46. The molecule has 4 rings (SSSR count). The number of carboxylic acid groups (broad SMARTS) is 1. The largest absolute Gasteiger partial charge is 0.480 e. The number of unbranched alkanes of at least 4 members (excludes halogenated alkanes) is 6. The number of benzene rings is 2. The molecule has 4 aromatic rings. The highest BCUT2D eigenvalue weighted by atomic mass is 32.2. The highest BCUT2D eigenvalue weighted by molar-refractivity contribution is 8.02. The first-order valence-electron chi connectivity index (χ1n) is 11.4. The third kappa shape index (κ3) is 7.44. The Morgan fingerprint density at radius 2 is 1.33 bits per heavy atom. The van der Waals surface area contributed by atoms with Gasteiger partial charge in [0.15, 0.2) is 8.68 Å². The molecule has 2 aromatic heterocycles. The molecule has 0 aliphatic rings. The van der Waals surface area contributed by atoms with Crippen molar-refractivity contribution in [3.63, 3.8) is 0 Å². The SMILES string of the molecule is O=C(O)C(CCCCCCCCCSc1nc2ccccc2s1)Sc1nc2ccccc2s1. The Labute approximate surface area is 211 Å². The van der Waals surface area contributed by atoms with Gasteiger partial charge in [-0.1, -0.05) is 86.3 Å². The van der Waals surface area contributed by atoms with Crippen LogP contribution < -0.4 is 0 Å². The van der Waals surface area contributed by atoms with Crippen molar-refractivity contribution in [3.05, 3.63) is 48.5 Å². The van der Waals surface area contributed by atoms with Crippen molar-refractivity contribution in [2.24, 2.45) is 0 Å². The van der Waals surface area contributed by atoms with Crippen molar-refractivity contribution in [3.8, 4) is 0 Å². The molecule has 8 heteroatoms. The van der Waals surface area contributed by atoms with Crippen molar-refractivity contribution in [2.45, 2.75) is 65.3 Å². The lowest BCUT2D eigenvalue weighted by molar-refractivity contribution is -0.136. The molecule has 0 bridgehead atoms. The summed E-state index contributed by atoms with van der Waals surface area (Å²) in [6.07, 6.45) is 8.91. The molecule has 1 atom stereocenters. The summed E-state index contributed by atoms with van der Waals surface area (Å²) in [4.78, 5) is 20.9. The number of aliphatic carboxylic acids is 1. The van der Waals surface area contributed by atoms with E-state index >= 15 is 0 Å². The molecule has 2 aromatic carbocycles. The molecule has 174 valence electrons. The quantitative estimate of drug-likeness (QED) is 0.134. The highest BCUT2D eigenvalue weighted by Gasteiger charge is 2.20. The maximum Gasteiger partial charge on any atom is 0.317 e. The van der Waals surface area contributed by atoms with Crippen LogP contribution in [0.15, 0.2) is 57.2 Å². The van der Waals surface area contributed by atoms with Gasteiger partial charge in [0, 0.05) is 5.75 Å². The standard InChI is InChI=1S/C25H28N2O2S4/c28-23(29)22(33-25-27-19-13-8-10-15-21(19)32-25)16-6-4-2-1-3-5-11-17-30-24-26-18-12-7-9-14-20(18)31-24/h7-10,12-15,22H,1-6,11,16-17H2,(H,28,29). The molecule has 33 heavy (non-hydrogen) atoms. The highest BCUT2D eigenvalue weighted by Crippen LogP contribution is 2.34. The fourth-order valence-corrected chi connectivity index (χ4v) is 8.07. The second-order valence-electron chi connectivity index (χ2n) is 7.95. The number of thiazole rings is 2. The average molecular weight is 517 g/mol. The lowest BCUT2D eigenvalue weighted by Gasteiger charge is -2.10. The van der Waals surface area contributed by atoms with Gasteiger partial charge in [0.25, 0.3) is 0 Å². The summed E-state index contributed by atoms with van der Waals surface area (Å²) in [5.74, 6) is 0.396. The van der Waals surface area contributed by atoms with Gasteiger partial charge in [-0.2, -0.15) is 0 Å². The molecule has 0 spiro atoms. The number of carboxylic acids is 1. The summed E-state index contributed by atoms with van der Waals surface area (Å²) in [6.45, 7) is 0. The summed E-state index contributed by atoms with van der Waals surface area (Å²) in [5.41, 5.74) is 2.06. The van der Waals surface area contributed by atoms with Crippen LogP contribution in [-0.4, -0.2) is 32.0 Å². The van der Waals surface area contributed by atoms with Gasteiger partial charge in [0.1, 0.15) is 5.25 Å². The summed E-state index contributed by atoms with van der Waals surface area (Å²) >= 11 is 6.64. The Morgan fingerprint density at radius 1 is 0.788 bits per heavy atom. The Hall–Kier alpha value is -1.61. The van der Waals surface area contributed by atoms with E-state index in [1.165, 1.54) is 52.9 Å². The maximum absolute atomic E-state index is 11.7. The third-order valence-corrected chi connectivity index (χ3v) is 10.1. The number of aromatic nitrogens is 2. The van der Waals surface area contributed by atoms with E-state index in [9.17, 15) is 9.90 Å². The van der Waals surface area contributed by atoms with Crippen molar-refractivity contribution in [1.29, 1.82) is 0 Å². The van der Waals surface area contributed by atoms with Crippen molar-refractivity contribution < 1.29 is 9.90 Å². The molecule has 0 saturated heterocycles. The summed E-state index contributed by atoms with van der Waals surface area (Å²) in [5, 5.41) is 9.19. The predicted octanol–water partition coefficient (Wildman–Crippen LogP) is 8.36. The van der Waals surface area contributed by atoms with Crippen LogP contribution in [0.25, 0.3) is 20.4 Å². The molecule has 0 radical (unpaired) electrons. The van der Waals surface area contributed by atoms with Gasteiger partial charge in [0.05, 0.1) is 20.4 Å². The van der Waals surface area contributed by atoms with E-state index in [4.69, 9.17) is 0 Å². The third-order valence-electron chi connectivity index (χ3n) is 5.40. The molecule has 0 fully saturated rings. The summed E-state index contributed by atoms with van der Waals surface area (Å²) < 4.78 is 4.41. The first-order valence-corrected chi connectivity index (χ1v) is 14.9. The van der Waals surface area contributed by atoms with E-state index in [-0.39, 0.29) is 0 Å². The minimum atomic E-state index is -0.732. The topological polar surface area (TPSA) is 63.1 Å². The normalized spacial score (nSPS) is 12.5. The molecule has 0 saturated carbocycles. The summed E-state index contributed by atoms with van der Waals surface area (Å²) in [6, 6.07) is 16.3. The zero-order valence-electron chi connectivity index (χ0n) is 18.4. The van der Waals surface area contributed by atoms with Crippen LogP contribution in [0, 0.1) is 0 Å². The van der Waals surface area contributed by atoms with Crippen LogP contribution in [0.1, 0.15) is 51.4 Å². The van der Waals surface area contributed by atoms with Gasteiger partial charge in [-0.25, -0.2) is 9.97 Å². The van der Waals surface area contributed by atoms with E-state index in [2.05, 4.69) is 28.2 Å². The van der Waals surface area contributed by atoms with Crippen LogP contribution in [-0.2, 0) is 4.79 Å². The van der Waals surface area contributed by atoms with Crippen LogP contribution in [0.4, 0.5) is 0 Å². The maximum atomic E-state index is 11.7. The smallest absolute Gasteiger partial charge is 0.317 e. The average Bonchev–Trinajstić information content (AvgIpc) is 3.42. The lowest BCUT2D eigenvalue weighted by atomic mass is 10.1. The number of fused-ring (bicyclic) bond motifs is 2. The van der Waals surface area contributed by atoms with E-state index in [0.717, 1.165) is 38.7 Å². The Balaban J connectivity index is 1.06. The van der Waals surface area contributed by atoms with Gasteiger partial charge < -0.3 is 5.11 Å². The number of hydrogen-bond donors (Lipinski definition) is 1. The molecular weight excluding hydrogens is 489 g/mol. The Bertz CT molecular complexity index is 1110. The van der Waals surface area contributed by atoms with Crippen LogP contribution >= 0.6 is 46.2 Å². The fourth-order valence-electron chi connectivity index (χ4n) is 3.64. The lowest BCUT2D eigenvalue weighted by Crippen LogP contribution is -2.16.